The number of nitrogens with one attached hydrogen (secondary N) is 1. The molecule has 1 aliphatic rings. The molecule has 1 aromatic carbocycles. The Morgan fingerprint density at radius 3 is 2.95 bits per heavy atom. The molecule has 5 heteroatoms. The number of hydrogen-bond donors (Lipinski definition) is 1. The first-order valence-electron chi connectivity index (χ1n) is 7.29. The van der Waals surface area contributed by atoms with E-state index in [4.69, 9.17) is 0 Å². The molecule has 108 valence electrons. The van der Waals surface area contributed by atoms with Gasteiger partial charge in [-0.2, -0.15) is 0 Å². The number of likely N-dealkylation sites (tertiary alicyclic amines) is 1. The van der Waals surface area contributed by atoms with Gasteiger partial charge in [0, 0.05) is 23.6 Å². The van der Waals surface area contributed by atoms with E-state index in [1.165, 1.54) is 43.6 Å². The summed E-state index contributed by atoms with van der Waals surface area (Å²) in [5.74, 6) is 0. The summed E-state index contributed by atoms with van der Waals surface area (Å²) in [4.78, 5) is 7.24. The SMILES string of the molecule is CCCN1CCC(Nc2nc3ccc(Br)cc3s2)CC1. The lowest BCUT2D eigenvalue weighted by Gasteiger charge is -2.31. The van der Waals surface area contributed by atoms with Crippen LogP contribution in [0, 0.1) is 0 Å². The summed E-state index contributed by atoms with van der Waals surface area (Å²) in [5, 5.41) is 4.68. The van der Waals surface area contributed by atoms with Gasteiger partial charge in [-0.3, -0.25) is 0 Å². The monoisotopic (exact) mass is 353 g/mol. The predicted octanol–water partition coefficient (Wildman–Crippen LogP) is 4.35. The van der Waals surface area contributed by atoms with E-state index >= 15 is 0 Å². The Bertz CT molecular complexity index is 576. The Labute approximate surface area is 132 Å². The van der Waals surface area contributed by atoms with Crippen LogP contribution in [-0.2, 0) is 0 Å². The third-order valence-electron chi connectivity index (χ3n) is 3.81. The van der Waals surface area contributed by atoms with E-state index in [2.05, 4.69) is 56.3 Å². The minimum atomic E-state index is 0.576. The van der Waals surface area contributed by atoms with Gasteiger partial charge in [0.1, 0.15) is 0 Å². The molecule has 2 heterocycles. The quantitative estimate of drug-likeness (QED) is 0.885. The Morgan fingerprint density at radius 2 is 2.20 bits per heavy atom. The summed E-state index contributed by atoms with van der Waals surface area (Å²) in [7, 11) is 0. The number of anilines is 1. The summed E-state index contributed by atoms with van der Waals surface area (Å²) >= 11 is 5.26. The minimum absolute atomic E-state index is 0.576. The topological polar surface area (TPSA) is 28.2 Å². The average Bonchev–Trinajstić information content (AvgIpc) is 2.82. The van der Waals surface area contributed by atoms with Gasteiger partial charge in [-0.15, -0.1) is 0 Å². The summed E-state index contributed by atoms with van der Waals surface area (Å²) in [5.41, 5.74) is 1.09. The summed E-state index contributed by atoms with van der Waals surface area (Å²) < 4.78 is 2.36. The third kappa shape index (κ3) is 3.32. The van der Waals surface area contributed by atoms with Crippen LogP contribution in [0.4, 0.5) is 5.13 Å². The Kier molecular flexibility index (Phi) is 4.58. The molecule has 2 aromatic rings. The smallest absolute Gasteiger partial charge is 0.184 e. The maximum absolute atomic E-state index is 4.68. The predicted molar refractivity (Wildman–Crippen MR) is 90.7 cm³/mol. The molecular weight excluding hydrogens is 334 g/mol. The molecule has 0 atom stereocenters. The number of hydrogen-bond acceptors (Lipinski definition) is 4. The highest BCUT2D eigenvalue weighted by molar-refractivity contribution is 9.10. The highest BCUT2D eigenvalue weighted by Gasteiger charge is 2.19. The molecule has 1 aliphatic heterocycles. The number of fused-ring (bicyclic) bond motifs is 1. The Balaban J connectivity index is 1.62. The van der Waals surface area contributed by atoms with Gasteiger partial charge in [0.05, 0.1) is 10.2 Å². The average molecular weight is 354 g/mol. The maximum Gasteiger partial charge on any atom is 0.184 e. The van der Waals surface area contributed by atoms with Crippen LogP contribution in [0.15, 0.2) is 22.7 Å². The molecular formula is C15H20BrN3S. The number of halogens is 1. The standard InChI is InChI=1S/C15H20BrN3S/c1-2-7-19-8-5-12(6-9-19)17-15-18-13-4-3-11(16)10-14(13)20-15/h3-4,10,12H,2,5-9H2,1H3,(H,17,18). The van der Waals surface area contributed by atoms with Crippen molar-refractivity contribution in [3.8, 4) is 0 Å². The highest BCUT2D eigenvalue weighted by atomic mass is 79.9. The van der Waals surface area contributed by atoms with E-state index in [9.17, 15) is 0 Å². The van der Waals surface area contributed by atoms with Crippen LogP contribution in [-0.4, -0.2) is 35.6 Å². The van der Waals surface area contributed by atoms with Gasteiger partial charge in [0.15, 0.2) is 5.13 Å². The van der Waals surface area contributed by atoms with Crippen molar-refractivity contribution in [3.05, 3.63) is 22.7 Å². The molecule has 3 nitrogen and oxygen atoms in total. The van der Waals surface area contributed by atoms with Gasteiger partial charge in [0.2, 0.25) is 0 Å². The van der Waals surface area contributed by atoms with Crippen LogP contribution in [0.3, 0.4) is 0 Å². The molecule has 1 fully saturated rings. The first kappa shape index (κ1) is 14.3. The molecule has 1 saturated heterocycles. The number of nitrogens with zero attached hydrogens (tertiary/aromatic N) is 2. The number of thiazole rings is 1. The summed E-state index contributed by atoms with van der Waals surface area (Å²) in [6.45, 7) is 5.91. The zero-order valence-electron chi connectivity index (χ0n) is 11.7. The molecule has 0 aliphatic carbocycles. The zero-order valence-corrected chi connectivity index (χ0v) is 14.1. The number of benzene rings is 1. The molecule has 0 saturated carbocycles. The largest absolute Gasteiger partial charge is 0.359 e. The second-order valence-electron chi connectivity index (χ2n) is 5.39. The van der Waals surface area contributed by atoms with E-state index < -0.39 is 0 Å². The van der Waals surface area contributed by atoms with Crippen molar-refractivity contribution in [2.75, 3.05) is 25.0 Å². The molecule has 0 bridgehead atoms. The number of rotatable bonds is 4. The van der Waals surface area contributed by atoms with Crippen molar-refractivity contribution in [2.45, 2.75) is 32.2 Å². The first-order valence-corrected chi connectivity index (χ1v) is 8.90. The van der Waals surface area contributed by atoms with Gasteiger partial charge in [-0.1, -0.05) is 34.2 Å². The van der Waals surface area contributed by atoms with Crippen LogP contribution in [0.5, 0.6) is 0 Å². The fourth-order valence-electron chi connectivity index (χ4n) is 2.75. The Morgan fingerprint density at radius 1 is 1.40 bits per heavy atom. The van der Waals surface area contributed by atoms with Gasteiger partial charge in [-0.25, -0.2) is 4.98 Å². The fourth-order valence-corrected chi connectivity index (χ4v) is 4.25. The van der Waals surface area contributed by atoms with Crippen molar-refractivity contribution in [1.82, 2.24) is 9.88 Å². The van der Waals surface area contributed by atoms with Gasteiger partial charge in [0.25, 0.3) is 0 Å². The number of aromatic nitrogens is 1. The lowest BCUT2D eigenvalue weighted by molar-refractivity contribution is 0.219. The lowest BCUT2D eigenvalue weighted by Crippen LogP contribution is -2.39. The van der Waals surface area contributed by atoms with Gasteiger partial charge < -0.3 is 10.2 Å². The van der Waals surface area contributed by atoms with Crippen molar-refractivity contribution in [1.29, 1.82) is 0 Å². The normalized spacial score (nSPS) is 17.7. The maximum atomic E-state index is 4.68. The van der Waals surface area contributed by atoms with Gasteiger partial charge >= 0.3 is 0 Å². The molecule has 1 aromatic heterocycles. The minimum Gasteiger partial charge on any atom is -0.359 e. The van der Waals surface area contributed by atoms with Gasteiger partial charge in [-0.05, 0) is 44.0 Å². The molecule has 3 rings (SSSR count). The van der Waals surface area contributed by atoms with Crippen LogP contribution in [0.2, 0.25) is 0 Å². The van der Waals surface area contributed by atoms with Crippen LogP contribution in [0.25, 0.3) is 10.2 Å². The molecule has 0 radical (unpaired) electrons. The molecule has 1 N–H and O–H groups in total. The highest BCUT2D eigenvalue weighted by Crippen LogP contribution is 2.29. The van der Waals surface area contributed by atoms with E-state index in [-0.39, 0.29) is 0 Å². The first-order chi connectivity index (χ1) is 9.74. The molecule has 20 heavy (non-hydrogen) atoms. The van der Waals surface area contributed by atoms with E-state index in [1.807, 2.05) is 0 Å². The lowest BCUT2D eigenvalue weighted by atomic mass is 10.1. The van der Waals surface area contributed by atoms with Crippen molar-refractivity contribution >= 4 is 42.6 Å². The zero-order chi connectivity index (χ0) is 13.9. The van der Waals surface area contributed by atoms with E-state index in [0.717, 1.165) is 15.1 Å². The van der Waals surface area contributed by atoms with Crippen molar-refractivity contribution in [2.24, 2.45) is 0 Å². The van der Waals surface area contributed by atoms with Crippen LogP contribution in [0.1, 0.15) is 26.2 Å². The van der Waals surface area contributed by atoms with Crippen molar-refractivity contribution in [3.63, 3.8) is 0 Å². The molecule has 0 unspecified atom stereocenters. The van der Waals surface area contributed by atoms with Crippen LogP contribution >= 0.6 is 27.3 Å². The van der Waals surface area contributed by atoms with Crippen LogP contribution < -0.4 is 5.32 Å². The second kappa shape index (κ2) is 6.41. The Hall–Kier alpha value is -0.650. The second-order valence-corrected chi connectivity index (χ2v) is 7.34. The third-order valence-corrected chi connectivity index (χ3v) is 5.25. The van der Waals surface area contributed by atoms with E-state index in [1.54, 1.807) is 11.3 Å². The van der Waals surface area contributed by atoms with Crippen molar-refractivity contribution < 1.29 is 0 Å². The van der Waals surface area contributed by atoms with E-state index in [0.29, 0.717) is 6.04 Å². The number of piperidine rings is 1. The summed E-state index contributed by atoms with van der Waals surface area (Å²) in [6.07, 6.45) is 3.70. The fraction of sp³-hybridized carbons (Fsp3) is 0.533. The molecule has 0 spiro atoms. The summed E-state index contributed by atoms with van der Waals surface area (Å²) in [6, 6.07) is 6.84. The molecule has 0 amide bonds.